The molecular formula is C30H40O2. The van der Waals surface area contributed by atoms with Gasteiger partial charge >= 0.3 is 5.97 Å². The van der Waals surface area contributed by atoms with Crippen molar-refractivity contribution in [2.45, 2.75) is 85.0 Å². The van der Waals surface area contributed by atoms with E-state index >= 15 is 0 Å². The van der Waals surface area contributed by atoms with E-state index in [1.54, 1.807) is 0 Å². The van der Waals surface area contributed by atoms with Crippen LogP contribution in [0.1, 0.15) is 106 Å². The highest BCUT2D eigenvalue weighted by Gasteiger charge is 2.48. The molecule has 0 saturated heterocycles. The van der Waals surface area contributed by atoms with Crippen LogP contribution in [-0.4, -0.2) is 13.1 Å². The first-order valence-electron chi connectivity index (χ1n) is 12.1. The van der Waals surface area contributed by atoms with E-state index in [4.69, 9.17) is 4.74 Å². The summed E-state index contributed by atoms with van der Waals surface area (Å²) in [4.78, 5) is 11.7. The van der Waals surface area contributed by atoms with Crippen molar-refractivity contribution in [3.05, 3.63) is 69.8 Å². The van der Waals surface area contributed by atoms with Gasteiger partial charge in [-0.25, -0.2) is 4.79 Å². The van der Waals surface area contributed by atoms with Gasteiger partial charge in [-0.05, 0) is 82.0 Å². The van der Waals surface area contributed by atoms with Crippen LogP contribution < -0.4 is 0 Å². The number of methoxy groups -OCH3 is 1. The van der Waals surface area contributed by atoms with E-state index in [1.165, 1.54) is 54.2 Å². The number of carbonyl (C=O) groups excluding carboxylic acids is 1. The molecule has 1 aliphatic rings. The van der Waals surface area contributed by atoms with Crippen molar-refractivity contribution in [2.24, 2.45) is 5.92 Å². The lowest BCUT2D eigenvalue weighted by atomic mass is 9.71. The average molecular weight is 433 g/mol. The van der Waals surface area contributed by atoms with Crippen LogP contribution in [-0.2, 0) is 22.0 Å². The highest BCUT2D eigenvalue weighted by molar-refractivity contribution is 5.90. The largest absolute Gasteiger partial charge is 0.465 e. The predicted molar refractivity (Wildman–Crippen MR) is 136 cm³/mol. The molecular weight excluding hydrogens is 392 g/mol. The Kier molecular flexibility index (Phi) is 7.03. The van der Waals surface area contributed by atoms with Crippen LogP contribution in [0.25, 0.3) is 11.6 Å². The standard InChI is InChI=1S/C30H40O2/c1-9-10-11-12-24-18-26-27(30(6,7)21(3)29(26,4)5)19-25(24)20(2)17-22-13-15-23(16-14-22)28(31)32-8/h13-19,21H,9-12H2,1-8H3/b20-17+. The number of unbranched alkanes of at least 4 members (excludes halogenated alkanes) is 2. The number of allylic oxidation sites excluding steroid dienone is 1. The maximum atomic E-state index is 11.7. The third-order valence-corrected chi connectivity index (χ3v) is 7.99. The van der Waals surface area contributed by atoms with Crippen LogP contribution in [0.2, 0.25) is 0 Å². The van der Waals surface area contributed by atoms with Gasteiger partial charge in [0.2, 0.25) is 0 Å². The maximum absolute atomic E-state index is 11.7. The molecule has 0 N–H and O–H groups in total. The Labute approximate surface area is 195 Å². The van der Waals surface area contributed by atoms with E-state index in [2.05, 4.69) is 66.7 Å². The van der Waals surface area contributed by atoms with E-state index in [-0.39, 0.29) is 16.8 Å². The van der Waals surface area contributed by atoms with Gasteiger partial charge in [0.25, 0.3) is 0 Å². The molecule has 2 aromatic rings. The molecule has 2 aromatic carbocycles. The third kappa shape index (κ3) is 4.42. The third-order valence-electron chi connectivity index (χ3n) is 7.99. The summed E-state index contributed by atoms with van der Waals surface area (Å²) in [5, 5.41) is 0. The number of carbonyl (C=O) groups is 1. The summed E-state index contributed by atoms with van der Waals surface area (Å²) in [6.07, 6.45) is 7.08. The molecule has 2 heteroatoms. The van der Waals surface area contributed by atoms with E-state index in [0.29, 0.717) is 11.5 Å². The molecule has 2 nitrogen and oxygen atoms in total. The van der Waals surface area contributed by atoms with Gasteiger partial charge in [0.05, 0.1) is 12.7 Å². The van der Waals surface area contributed by atoms with E-state index < -0.39 is 0 Å². The Hall–Kier alpha value is -2.35. The minimum Gasteiger partial charge on any atom is -0.465 e. The molecule has 0 aromatic heterocycles. The lowest BCUT2D eigenvalue weighted by molar-refractivity contribution is 0.0600. The molecule has 1 aliphatic carbocycles. The highest BCUT2D eigenvalue weighted by atomic mass is 16.5. The molecule has 172 valence electrons. The fraction of sp³-hybridized carbons (Fsp3) is 0.500. The van der Waals surface area contributed by atoms with Crippen LogP contribution in [0.3, 0.4) is 0 Å². The number of benzene rings is 2. The normalized spacial score (nSPS) is 19.0. The molecule has 0 spiro atoms. The summed E-state index contributed by atoms with van der Waals surface area (Å²) in [6, 6.07) is 12.7. The monoisotopic (exact) mass is 432 g/mol. The summed E-state index contributed by atoms with van der Waals surface area (Å²) in [6.45, 7) is 16.5. The van der Waals surface area contributed by atoms with Gasteiger partial charge in [0, 0.05) is 0 Å². The van der Waals surface area contributed by atoms with Gasteiger partial charge < -0.3 is 4.74 Å². The van der Waals surface area contributed by atoms with E-state index in [9.17, 15) is 4.79 Å². The molecule has 0 radical (unpaired) electrons. The summed E-state index contributed by atoms with van der Waals surface area (Å²) < 4.78 is 4.82. The van der Waals surface area contributed by atoms with Crippen molar-refractivity contribution < 1.29 is 9.53 Å². The Morgan fingerprint density at radius 1 is 1.00 bits per heavy atom. The zero-order valence-corrected chi connectivity index (χ0v) is 21.3. The van der Waals surface area contributed by atoms with E-state index in [1.807, 2.05) is 24.3 Å². The highest BCUT2D eigenvalue weighted by Crippen LogP contribution is 2.54. The van der Waals surface area contributed by atoms with Gasteiger partial charge in [0.1, 0.15) is 0 Å². The lowest BCUT2D eigenvalue weighted by Gasteiger charge is -2.32. The predicted octanol–water partition coefficient (Wildman–Crippen LogP) is 7.97. The Morgan fingerprint density at radius 2 is 1.59 bits per heavy atom. The second-order valence-corrected chi connectivity index (χ2v) is 10.6. The molecule has 1 atom stereocenters. The van der Waals surface area contributed by atoms with Crippen LogP contribution >= 0.6 is 0 Å². The smallest absolute Gasteiger partial charge is 0.337 e. The number of rotatable bonds is 7. The maximum Gasteiger partial charge on any atom is 0.337 e. The summed E-state index contributed by atoms with van der Waals surface area (Å²) >= 11 is 0. The van der Waals surface area contributed by atoms with Crippen molar-refractivity contribution in [3.8, 4) is 0 Å². The fourth-order valence-electron chi connectivity index (χ4n) is 5.38. The summed E-state index contributed by atoms with van der Waals surface area (Å²) in [5.74, 6) is 0.284. The number of hydrogen-bond acceptors (Lipinski definition) is 2. The van der Waals surface area contributed by atoms with Gasteiger partial charge in [-0.1, -0.05) is 84.7 Å². The van der Waals surface area contributed by atoms with Crippen molar-refractivity contribution in [3.63, 3.8) is 0 Å². The zero-order chi connectivity index (χ0) is 23.7. The average Bonchev–Trinajstić information content (AvgIpc) is 2.90. The Morgan fingerprint density at radius 3 is 2.16 bits per heavy atom. The van der Waals surface area contributed by atoms with Crippen molar-refractivity contribution in [1.29, 1.82) is 0 Å². The molecule has 0 saturated carbocycles. The molecule has 0 aliphatic heterocycles. The minimum atomic E-state index is -0.298. The van der Waals surface area contributed by atoms with Gasteiger partial charge in [-0.15, -0.1) is 0 Å². The molecule has 32 heavy (non-hydrogen) atoms. The first-order valence-corrected chi connectivity index (χ1v) is 12.1. The second kappa shape index (κ2) is 9.25. The van der Waals surface area contributed by atoms with Gasteiger partial charge in [0.15, 0.2) is 0 Å². The minimum absolute atomic E-state index is 0.151. The Balaban J connectivity index is 2.07. The van der Waals surface area contributed by atoms with Crippen LogP contribution in [0.5, 0.6) is 0 Å². The zero-order valence-electron chi connectivity index (χ0n) is 21.3. The van der Waals surface area contributed by atoms with Crippen LogP contribution in [0.4, 0.5) is 0 Å². The number of aryl methyl sites for hydroxylation is 1. The summed E-state index contributed by atoms with van der Waals surface area (Å²) in [7, 11) is 1.41. The second-order valence-electron chi connectivity index (χ2n) is 10.6. The lowest BCUT2D eigenvalue weighted by Crippen LogP contribution is -2.30. The SMILES string of the molecule is CCCCCc1cc2c(cc1/C(C)=C/c1ccc(C(=O)OC)cc1)C(C)(C)C(C)C2(C)C. The first-order chi connectivity index (χ1) is 15.0. The number of ether oxygens (including phenoxy) is 1. The molecule has 0 heterocycles. The van der Waals surface area contributed by atoms with Crippen molar-refractivity contribution >= 4 is 17.6 Å². The quantitative estimate of drug-likeness (QED) is 0.252. The fourth-order valence-corrected chi connectivity index (χ4v) is 5.38. The van der Waals surface area contributed by atoms with Crippen LogP contribution in [0, 0.1) is 5.92 Å². The molecule has 3 rings (SSSR count). The Bertz CT molecular complexity index is 1010. The number of hydrogen-bond donors (Lipinski definition) is 0. The first kappa shape index (κ1) is 24.3. The van der Waals surface area contributed by atoms with Gasteiger partial charge in [-0.3, -0.25) is 0 Å². The van der Waals surface area contributed by atoms with E-state index in [0.717, 1.165) is 12.0 Å². The molecule has 0 bridgehead atoms. The molecule has 0 fully saturated rings. The number of fused-ring (bicyclic) bond motifs is 1. The summed E-state index contributed by atoms with van der Waals surface area (Å²) in [5.41, 5.74) is 9.15. The van der Waals surface area contributed by atoms with Crippen molar-refractivity contribution in [2.75, 3.05) is 7.11 Å². The van der Waals surface area contributed by atoms with Gasteiger partial charge in [-0.2, -0.15) is 0 Å². The van der Waals surface area contributed by atoms with Crippen molar-refractivity contribution in [1.82, 2.24) is 0 Å². The molecule has 1 unspecified atom stereocenters. The molecule has 0 amide bonds. The number of esters is 1. The van der Waals surface area contributed by atoms with Crippen LogP contribution in [0.15, 0.2) is 36.4 Å². The topological polar surface area (TPSA) is 26.3 Å².